The molecule has 1 N–H and O–H groups in total. The van der Waals surface area contributed by atoms with Crippen LogP contribution in [0.25, 0.3) is 0 Å². The summed E-state index contributed by atoms with van der Waals surface area (Å²) in [7, 11) is 0. The Morgan fingerprint density at radius 3 is 2.56 bits per heavy atom. The zero-order chi connectivity index (χ0) is 13.2. The first-order chi connectivity index (χ1) is 8.59. The van der Waals surface area contributed by atoms with Crippen LogP contribution in [0.4, 0.5) is 8.78 Å². The molecule has 0 aliphatic carbocycles. The maximum Gasteiger partial charge on any atom is 0.144 e. The topological polar surface area (TPSA) is 29.1 Å². The lowest BCUT2D eigenvalue weighted by molar-refractivity contribution is -0.127. The summed E-state index contributed by atoms with van der Waals surface area (Å²) in [5, 5.41) is 3.15. The zero-order valence-electron chi connectivity index (χ0n) is 10.4. The van der Waals surface area contributed by atoms with Crippen molar-refractivity contribution in [1.82, 2.24) is 5.32 Å². The van der Waals surface area contributed by atoms with Crippen LogP contribution in [-0.4, -0.2) is 18.9 Å². The van der Waals surface area contributed by atoms with E-state index >= 15 is 0 Å². The van der Waals surface area contributed by atoms with E-state index in [9.17, 15) is 13.6 Å². The molecule has 18 heavy (non-hydrogen) atoms. The molecule has 2 rings (SSSR count). The highest BCUT2D eigenvalue weighted by Gasteiger charge is 2.39. The summed E-state index contributed by atoms with van der Waals surface area (Å²) >= 11 is 0. The number of halogens is 2. The van der Waals surface area contributed by atoms with Crippen LogP contribution in [0.3, 0.4) is 0 Å². The van der Waals surface area contributed by atoms with Crippen molar-refractivity contribution in [3.05, 3.63) is 35.4 Å². The van der Waals surface area contributed by atoms with Crippen molar-refractivity contribution in [3.8, 4) is 0 Å². The van der Waals surface area contributed by atoms with Crippen LogP contribution >= 0.6 is 0 Å². The molecule has 1 heterocycles. The van der Waals surface area contributed by atoms with Crippen molar-refractivity contribution >= 4 is 5.78 Å². The van der Waals surface area contributed by atoms with Gasteiger partial charge in [0.25, 0.3) is 0 Å². The van der Waals surface area contributed by atoms with E-state index in [0.717, 1.165) is 13.0 Å². The largest absolute Gasteiger partial charge is 0.316 e. The van der Waals surface area contributed by atoms with Crippen LogP contribution in [0.15, 0.2) is 18.2 Å². The zero-order valence-corrected chi connectivity index (χ0v) is 10.4. The highest BCUT2D eigenvalue weighted by atomic mass is 19.1. The minimum atomic E-state index is -0.638. The molecule has 1 aromatic rings. The van der Waals surface area contributed by atoms with Gasteiger partial charge in [0.2, 0.25) is 0 Å². The minimum Gasteiger partial charge on any atom is -0.316 e. The molecule has 0 saturated carbocycles. The average Bonchev–Trinajstić information content (AvgIpc) is 2.84. The highest BCUT2D eigenvalue weighted by Crippen LogP contribution is 2.32. The molecule has 1 aliphatic rings. The fourth-order valence-electron chi connectivity index (χ4n) is 2.53. The summed E-state index contributed by atoms with van der Waals surface area (Å²) in [5.74, 6) is -1.35. The Morgan fingerprint density at radius 2 is 2.06 bits per heavy atom. The molecule has 1 fully saturated rings. The van der Waals surface area contributed by atoms with E-state index in [1.807, 2.05) is 6.92 Å². The first-order valence-electron chi connectivity index (χ1n) is 6.26. The van der Waals surface area contributed by atoms with Crippen LogP contribution in [-0.2, 0) is 11.2 Å². The lowest BCUT2D eigenvalue weighted by Gasteiger charge is -2.25. The number of carbonyl (C=O) groups excluding carboxylic acids is 1. The van der Waals surface area contributed by atoms with Gasteiger partial charge < -0.3 is 5.32 Å². The van der Waals surface area contributed by atoms with Gasteiger partial charge in [0.1, 0.15) is 17.4 Å². The Balaban J connectivity index is 2.21. The van der Waals surface area contributed by atoms with Gasteiger partial charge >= 0.3 is 0 Å². The van der Waals surface area contributed by atoms with Gasteiger partial charge in [-0.2, -0.15) is 0 Å². The van der Waals surface area contributed by atoms with Crippen LogP contribution in [0, 0.1) is 17.0 Å². The molecule has 1 unspecified atom stereocenters. The lowest BCUT2D eigenvalue weighted by Crippen LogP contribution is -2.34. The fourth-order valence-corrected chi connectivity index (χ4v) is 2.53. The molecular formula is C14H17F2NO. The summed E-state index contributed by atoms with van der Waals surface area (Å²) in [5.41, 5.74) is -0.559. The number of rotatable bonds is 4. The van der Waals surface area contributed by atoms with Crippen molar-refractivity contribution in [3.63, 3.8) is 0 Å². The molecular weight excluding hydrogens is 236 g/mol. The van der Waals surface area contributed by atoms with Crippen molar-refractivity contribution in [2.24, 2.45) is 5.41 Å². The molecule has 0 spiro atoms. The van der Waals surface area contributed by atoms with Gasteiger partial charge in [-0.15, -0.1) is 0 Å². The molecule has 1 atom stereocenters. The van der Waals surface area contributed by atoms with Crippen molar-refractivity contribution in [2.75, 3.05) is 13.1 Å². The summed E-state index contributed by atoms with van der Waals surface area (Å²) in [6.07, 6.45) is 1.29. The number of carbonyl (C=O) groups is 1. The van der Waals surface area contributed by atoms with Crippen molar-refractivity contribution in [2.45, 2.75) is 26.2 Å². The van der Waals surface area contributed by atoms with Crippen LogP contribution < -0.4 is 5.32 Å². The van der Waals surface area contributed by atoms with Crippen molar-refractivity contribution < 1.29 is 13.6 Å². The Hall–Kier alpha value is -1.29. The van der Waals surface area contributed by atoms with E-state index in [1.54, 1.807) is 0 Å². The summed E-state index contributed by atoms with van der Waals surface area (Å²) in [6.45, 7) is 3.35. The number of Topliss-reactive ketones (excluding diaryl/α,β-unsaturated/α-hetero) is 1. The van der Waals surface area contributed by atoms with Gasteiger partial charge in [-0.3, -0.25) is 4.79 Å². The van der Waals surface area contributed by atoms with Gasteiger partial charge in [-0.1, -0.05) is 13.0 Å². The number of hydrogen-bond donors (Lipinski definition) is 1. The molecule has 0 amide bonds. The third kappa shape index (κ3) is 2.29. The smallest absolute Gasteiger partial charge is 0.144 e. The molecule has 0 bridgehead atoms. The number of hydrogen-bond acceptors (Lipinski definition) is 2. The fraction of sp³-hybridized carbons (Fsp3) is 0.500. The monoisotopic (exact) mass is 253 g/mol. The predicted molar refractivity (Wildman–Crippen MR) is 65.3 cm³/mol. The second-order valence-corrected chi connectivity index (χ2v) is 4.86. The van der Waals surface area contributed by atoms with E-state index in [1.165, 1.54) is 18.2 Å². The second-order valence-electron chi connectivity index (χ2n) is 4.86. The van der Waals surface area contributed by atoms with Gasteiger partial charge in [-0.25, -0.2) is 8.78 Å². The van der Waals surface area contributed by atoms with Gasteiger partial charge in [0, 0.05) is 23.9 Å². The Morgan fingerprint density at radius 1 is 1.39 bits per heavy atom. The molecule has 98 valence electrons. The van der Waals surface area contributed by atoms with E-state index in [-0.39, 0.29) is 17.8 Å². The van der Waals surface area contributed by atoms with Gasteiger partial charge in [0.05, 0.1) is 0 Å². The molecule has 0 aromatic heterocycles. The number of benzene rings is 1. The van der Waals surface area contributed by atoms with Gasteiger partial charge in [-0.05, 0) is 31.5 Å². The molecule has 1 aliphatic heterocycles. The third-order valence-electron chi connectivity index (χ3n) is 3.91. The summed E-state index contributed by atoms with van der Waals surface area (Å²) in [6, 6.07) is 3.69. The normalized spacial score (nSPS) is 23.3. The predicted octanol–water partition coefficient (Wildman–Crippen LogP) is 2.47. The molecule has 1 aromatic carbocycles. The van der Waals surface area contributed by atoms with E-state index in [2.05, 4.69) is 5.32 Å². The van der Waals surface area contributed by atoms with E-state index < -0.39 is 17.0 Å². The minimum absolute atomic E-state index is 0.0704. The molecule has 2 nitrogen and oxygen atoms in total. The molecule has 0 radical (unpaired) electrons. The Labute approximate surface area is 105 Å². The Bertz CT molecular complexity index is 433. The summed E-state index contributed by atoms with van der Waals surface area (Å²) < 4.78 is 27.0. The first kappa shape index (κ1) is 13.1. The second kappa shape index (κ2) is 5.14. The number of nitrogens with one attached hydrogen (secondary N) is 1. The van der Waals surface area contributed by atoms with Crippen LogP contribution in [0.5, 0.6) is 0 Å². The SMILES string of the molecule is CCC1(C(=O)Cc2c(F)cccc2F)CCNC1. The summed E-state index contributed by atoms with van der Waals surface area (Å²) in [4.78, 5) is 12.3. The van der Waals surface area contributed by atoms with Crippen LogP contribution in [0.2, 0.25) is 0 Å². The standard InChI is InChI=1S/C14H17F2NO/c1-2-14(6-7-17-9-14)13(18)8-10-11(15)4-3-5-12(10)16/h3-5,17H,2,6-9H2,1H3. The van der Waals surface area contributed by atoms with Crippen LogP contribution in [0.1, 0.15) is 25.3 Å². The third-order valence-corrected chi connectivity index (χ3v) is 3.91. The van der Waals surface area contributed by atoms with Crippen molar-refractivity contribution in [1.29, 1.82) is 0 Å². The maximum atomic E-state index is 13.5. The van der Waals surface area contributed by atoms with Gasteiger partial charge in [0.15, 0.2) is 0 Å². The Kier molecular flexibility index (Phi) is 3.76. The molecule has 1 saturated heterocycles. The highest BCUT2D eigenvalue weighted by molar-refractivity contribution is 5.87. The average molecular weight is 253 g/mol. The molecule has 4 heteroatoms. The number of ketones is 1. The quantitative estimate of drug-likeness (QED) is 0.893. The first-order valence-corrected chi connectivity index (χ1v) is 6.26. The maximum absolute atomic E-state index is 13.5. The lowest BCUT2D eigenvalue weighted by atomic mass is 9.78. The van der Waals surface area contributed by atoms with E-state index in [4.69, 9.17) is 0 Å². The van der Waals surface area contributed by atoms with E-state index in [0.29, 0.717) is 13.0 Å².